The molecule has 0 amide bonds. The van der Waals surface area contributed by atoms with Crippen LogP contribution >= 0.6 is 0 Å². The molecule has 24 rings (SSSR count). The average molecular weight is 1800 g/mol. The summed E-state index contributed by atoms with van der Waals surface area (Å²) in [5.41, 5.74) is 44.5. The highest BCUT2D eigenvalue weighted by atomic mass is 16.1. The first kappa shape index (κ1) is 94.6. The summed E-state index contributed by atoms with van der Waals surface area (Å²) >= 11 is 0. The van der Waals surface area contributed by atoms with Gasteiger partial charge in [0.1, 0.15) is 27.2 Å². The molecule has 4 aromatic heterocycles. The third-order valence-corrected chi connectivity index (χ3v) is 29.0. The van der Waals surface area contributed by atoms with Gasteiger partial charge < -0.3 is 29.7 Å². The SMILES string of the molecule is CC[n+]1c2ccc(C)cc2c2c3c(c(Cc4ccc(C)cc4)ccc31)C(=O)c1ccccc1-2.CCc1ccc(Cc2ccc3c4c2C(=O)c2ccccc2-c4c2cc(CC)ccc2[n+]3C)cc1.CCc1ccc(Cc2ccc3c4c2C(=O)c2ccccc2-c4c2cc(CC)ccc2[n+]3CC)cc1.Cc1ccc(Cc2ccc3c4c2C(=O)c2ccccc2-c4c2cc(C)ccc2[n+]3C)cc1.[CH3-].[CH3-].[CH3-].[CH3-]. The Kier molecular flexibility index (Phi) is 26.5. The van der Waals surface area contributed by atoms with E-state index in [9.17, 15) is 19.2 Å². The fraction of sp³-hybridized carbons (Fsp3) is 0.169. The molecule has 0 radical (unpaired) electrons. The minimum Gasteiger partial charge on any atom is -0.358 e. The Morgan fingerprint density at radius 2 is 0.420 bits per heavy atom. The van der Waals surface area contributed by atoms with E-state index in [4.69, 9.17) is 0 Å². The highest BCUT2D eigenvalue weighted by molar-refractivity contribution is 6.33. The van der Waals surface area contributed by atoms with E-state index < -0.39 is 0 Å². The van der Waals surface area contributed by atoms with Crippen LogP contribution in [0.3, 0.4) is 0 Å². The van der Waals surface area contributed by atoms with Crippen molar-refractivity contribution < 1.29 is 37.4 Å². The highest BCUT2D eigenvalue weighted by Gasteiger charge is 2.39. The van der Waals surface area contributed by atoms with Gasteiger partial charge in [0.2, 0.25) is 44.1 Å². The van der Waals surface area contributed by atoms with Crippen molar-refractivity contribution >= 4 is 110 Å². The quantitative estimate of drug-likeness (QED) is 0.0617. The van der Waals surface area contributed by atoms with Crippen LogP contribution in [0.5, 0.6) is 0 Å². The van der Waals surface area contributed by atoms with Crippen LogP contribution in [0, 0.1) is 57.4 Å². The lowest BCUT2D eigenvalue weighted by Gasteiger charge is -2.23. The molecule has 138 heavy (non-hydrogen) atoms. The van der Waals surface area contributed by atoms with Crippen molar-refractivity contribution in [2.24, 2.45) is 14.1 Å². The number of aryl methyl sites for hydroxylation is 12. The van der Waals surface area contributed by atoms with Crippen LogP contribution in [0.4, 0.5) is 0 Å². The maximum Gasteiger partial charge on any atom is 0.214 e. The molecule has 4 heterocycles. The van der Waals surface area contributed by atoms with E-state index >= 15 is 0 Å². The van der Waals surface area contributed by atoms with Gasteiger partial charge in [0.05, 0.1) is 43.1 Å². The van der Waals surface area contributed by atoms with Crippen LogP contribution < -0.4 is 18.3 Å². The molecule has 0 aliphatic heterocycles. The van der Waals surface area contributed by atoms with Gasteiger partial charge in [-0.3, -0.25) is 19.2 Å². The molecule has 0 unspecified atom stereocenters. The van der Waals surface area contributed by atoms with Crippen molar-refractivity contribution in [1.82, 2.24) is 0 Å². The maximum atomic E-state index is 14.1. The average Bonchev–Trinajstić information content (AvgIpc) is 0.730. The largest absolute Gasteiger partial charge is 0.358 e. The minimum atomic E-state index is 0. The first-order valence-corrected chi connectivity index (χ1v) is 47.8. The molecule has 4 aliphatic carbocycles. The number of rotatable bonds is 14. The number of pyridine rings is 4. The van der Waals surface area contributed by atoms with Gasteiger partial charge in [-0.2, -0.15) is 18.3 Å². The van der Waals surface area contributed by atoms with E-state index in [1.165, 1.54) is 133 Å². The second-order valence-corrected chi connectivity index (χ2v) is 37.1. The number of carbonyl (C=O) groups is 4. The summed E-state index contributed by atoms with van der Waals surface area (Å²) in [5.74, 6) is 0.556. The third-order valence-electron chi connectivity index (χ3n) is 29.0. The predicted molar refractivity (Wildman–Crippen MR) is 574 cm³/mol. The Morgan fingerprint density at radius 3 is 0.725 bits per heavy atom. The smallest absolute Gasteiger partial charge is 0.214 e. The van der Waals surface area contributed by atoms with Crippen LogP contribution in [-0.4, -0.2) is 23.1 Å². The molecule has 0 bridgehead atoms. The number of ketones is 4. The molecular formula is C130H120N4O4. The summed E-state index contributed by atoms with van der Waals surface area (Å²) in [6, 6.07) is 112. The monoisotopic (exact) mass is 1800 g/mol. The first-order valence-electron chi connectivity index (χ1n) is 47.8. The summed E-state index contributed by atoms with van der Waals surface area (Å²) in [7, 11) is 4.22. The lowest BCUT2D eigenvalue weighted by molar-refractivity contribution is -0.641. The molecule has 0 atom stereocenters. The fourth-order valence-electron chi connectivity index (χ4n) is 22.0. The van der Waals surface area contributed by atoms with Gasteiger partial charge in [0, 0.05) is 115 Å². The van der Waals surface area contributed by atoms with Gasteiger partial charge in [-0.25, -0.2) is 0 Å². The fourth-order valence-corrected chi connectivity index (χ4v) is 22.0. The van der Waals surface area contributed by atoms with E-state index in [0.29, 0.717) is 0 Å². The summed E-state index contributed by atoms with van der Waals surface area (Å²) in [6.45, 7) is 23.3. The number of carbonyl (C=O) groups excluding carboxylic acids is 4. The van der Waals surface area contributed by atoms with E-state index in [1.807, 2.05) is 66.7 Å². The summed E-state index contributed by atoms with van der Waals surface area (Å²) in [4.78, 5) is 55.8. The van der Waals surface area contributed by atoms with Crippen molar-refractivity contribution in [3.63, 3.8) is 0 Å². The van der Waals surface area contributed by atoms with Crippen molar-refractivity contribution in [1.29, 1.82) is 0 Å². The topological polar surface area (TPSA) is 83.8 Å². The number of aromatic nitrogens is 4. The van der Waals surface area contributed by atoms with E-state index in [-0.39, 0.29) is 52.8 Å². The standard InChI is InChI=1S/C33H30NO.C32H28NO.C31H26NO.C30H24NO.4CH3/c1-4-21-11-13-23(14-12-21)19-24-16-18-29-32-30(24)33(35)26-10-8-7-9-25(26)31(32)27-20-22(5-2)15-17-28(27)34(29)6-3;1-4-20-10-12-22(13-11-20)18-23-15-17-28-31-29(23)32(34)25-9-7-6-8-24(25)30(31)26-19-21(5-2)14-16-27(26)33(28)3;1-4-32-26-15-11-20(3)17-25(26)29-23-7-5-6-8-24(23)31(33)28-22(14-16-27(32)30(28)29)18-21-12-9-19(2)10-13-21;1-18-8-11-20(12-9-18)17-21-13-15-26-29-27(21)30(32)23-7-5-4-6-22(23)28(29)24-16-19(2)10-14-25(24)31(26)3;;;;/h7-18,20H,4-6,19H2,1-3H3;6-17,19H,4-5,18H2,1-3H3;5-17H,4,18H2,1-3H3;4-16H,17H2,1-3H3;4*1H3/q4*+1;4*-1. The molecule has 0 saturated carbocycles. The number of nitrogens with zero attached hydrogens (tertiary/aromatic N) is 4. The molecular weight excluding hydrogens is 1680 g/mol. The first-order chi connectivity index (χ1) is 65.3. The third kappa shape index (κ3) is 16.1. The number of hydrogen-bond acceptors (Lipinski definition) is 4. The van der Waals surface area contributed by atoms with Gasteiger partial charge in [-0.05, 0) is 206 Å². The van der Waals surface area contributed by atoms with E-state index in [1.54, 1.807) is 0 Å². The molecule has 0 N–H and O–H groups in total. The van der Waals surface area contributed by atoms with E-state index in [2.05, 4.69) is 350 Å². The number of benzene rings is 16. The van der Waals surface area contributed by atoms with Crippen LogP contribution in [0.2, 0.25) is 0 Å². The van der Waals surface area contributed by atoms with E-state index in [0.717, 1.165) is 197 Å². The summed E-state index contributed by atoms with van der Waals surface area (Å²) in [5, 5.41) is 9.27. The van der Waals surface area contributed by atoms with Gasteiger partial charge in [0.15, 0.2) is 23.1 Å². The van der Waals surface area contributed by atoms with Crippen LogP contribution in [0.25, 0.3) is 132 Å². The van der Waals surface area contributed by atoms with Crippen LogP contribution in [-0.2, 0) is 78.6 Å². The zero-order valence-corrected chi connectivity index (χ0v) is 82.5. The summed E-state index contributed by atoms with van der Waals surface area (Å²) < 4.78 is 9.21. The van der Waals surface area contributed by atoms with Crippen molar-refractivity contribution in [2.45, 2.75) is 134 Å². The minimum absolute atomic E-state index is 0. The Bertz CT molecular complexity index is 8360. The normalized spacial score (nSPS) is 12.0. The van der Waals surface area contributed by atoms with Crippen LogP contribution in [0.1, 0.15) is 194 Å². The zero-order valence-electron chi connectivity index (χ0n) is 82.5. The molecule has 4 aliphatic rings. The molecule has 684 valence electrons. The highest BCUT2D eigenvalue weighted by Crippen LogP contribution is 2.50. The van der Waals surface area contributed by atoms with Crippen molar-refractivity contribution in [2.75, 3.05) is 0 Å². The molecule has 8 nitrogen and oxygen atoms in total. The lowest BCUT2D eigenvalue weighted by atomic mass is 9.79. The summed E-state index contributed by atoms with van der Waals surface area (Å²) in [6.07, 6.45) is 7.03. The Hall–Kier alpha value is -15.1. The maximum absolute atomic E-state index is 14.1. The number of fused-ring (bicyclic) bond motifs is 16. The molecule has 8 heteroatoms. The molecule has 0 spiro atoms. The Balaban J connectivity index is 0.000000126. The Labute approximate surface area is 813 Å². The van der Waals surface area contributed by atoms with Gasteiger partial charge in [0.25, 0.3) is 0 Å². The molecule has 16 aromatic carbocycles. The van der Waals surface area contributed by atoms with Crippen molar-refractivity contribution in [3.05, 3.63) is 479 Å². The Morgan fingerprint density at radius 1 is 0.203 bits per heavy atom. The van der Waals surface area contributed by atoms with Gasteiger partial charge >= 0.3 is 0 Å². The molecule has 20 aromatic rings. The van der Waals surface area contributed by atoms with Crippen molar-refractivity contribution in [3.8, 4) is 44.5 Å². The second-order valence-electron chi connectivity index (χ2n) is 37.1. The van der Waals surface area contributed by atoms with Gasteiger partial charge in [-0.15, -0.1) is 0 Å². The lowest BCUT2D eigenvalue weighted by Crippen LogP contribution is -2.35. The number of hydrogen-bond donors (Lipinski definition) is 0. The molecule has 0 saturated heterocycles. The van der Waals surface area contributed by atoms with Gasteiger partial charge in [-0.1, -0.05) is 293 Å². The predicted octanol–water partition coefficient (Wildman–Crippen LogP) is 28.7. The zero-order chi connectivity index (χ0) is 92.2. The molecule has 0 fully saturated rings. The second kappa shape index (κ2) is 38.6. The van der Waals surface area contributed by atoms with Crippen LogP contribution in [0.15, 0.2) is 315 Å².